The van der Waals surface area contributed by atoms with E-state index in [0.29, 0.717) is 12.3 Å². The van der Waals surface area contributed by atoms with Gasteiger partial charge in [0.2, 0.25) is 5.91 Å². The molecule has 1 fully saturated rings. The van der Waals surface area contributed by atoms with Crippen LogP contribution in [0.25, 0.3) is 0 Å². The van der Waals surface area contributed by atoms with Gasteiger partial charge < -0.3 is 10.6 Å². The summed E-state index contributed by atoms with van der Waals surface area (Å²) in [6.07, 6.45) is 2.95. The quantitative estimate of drug-likeness (QED) is 0.671. The van der Waals surface area contributed by atoms with Gasteiger partial charge in [-0.25, -0.2) is 0 Å². The van der Waals surface area contributed by atoms with Crippen LogP contribution in [0, 0.1) is 5.92 Å². The van der Waals surface area contributed by atoms with E-state index in [0.717, 1.165) is 6.54 Å². The summed E-state index contributed by atoms with van der Waals surface area (Å²) in [5, 5.41) is 0. The van der Waals surface area contributed by atoms with Gasteiger partial charge in [-0.3, -0.25) is 4.79 Å². The molecule has 1 unspecified atom stereocenters. The van der Waals surface area contributed by atoms with Gasteiger partial charge in [0, 0.05) is 26.1 Å². The molecule has 0 spiro atoms. The zero-order valence-corrected chi connectivity index (χ0v) is 7.92. The van der Waals surface area contributed by atoms with E-state index in [2.05, 4.69) is 0 Å². The molecule has 0 radical (unpaired) electrons. The molecule has 0 aromatic rings. The molecular formula is C9H18N2O. The van der Waals surface area contributed by atoms with Crippen LogP contribution in [0.4, 0.5) is 0 Å². The second-order valence-electron chi connectivity index (χ2n) is 3.61. The van der Waals surface area contributed by atoms with Gasteiger partial charge >= 0.3 is 0 Å². The van der Waals surface area contributed by atoms with Crippen molar-refractivity contribution >= 4 is 5.91 Å². The number of amides is 1. The van der Waals surface area contributed by atoms with Crippen molar-refractivity contribution in [3.63, 3.8) is 0 Å². The smallest absolute Gasteiger partial charge is 0.223 e. The van der Waals surface area contributed by atoms with Gasteiger partial charge in [0.1, 0.15) is 0 Å². The first-order chi connectivity index (χ1) is 5.65. The third-order valence-electron chi connectivity index (χ3n) is 2.54. The van der Waals surface area contributed by atoms with Crippen LogP contribution in [0.2, 0.25) is 0 Å². The summed E-state index contributed by atoms with van der Waals surface area (Å²) in [7, 11) is 1.82. The molecule has 1 atom stereocenters. The summed E-state index contributed by atoms with van der Waals surface area (Å²) in [6.45, 7) is 2.75. The van der Waals surface area contributed by atoms with Gasteiger partial charge in [0.15, 0.2) is 0 Å². The fourth-order valence-corrected chi connectivity index (χ4v) is 1.22. The SMILES string of the molecule is CCN(C)C(=O)CC(N)C1CC1. The number of carbonyl (C=O) groups is 1. The van der Waals surface area contributed by atoms with Gasteiger partial charge in [0.05, 0.1) is 0 Å². The molecule has 3 heteroatoms. The molecule has 2 N–H and O–H groups in total. The highest BCUT2D eigenvalue weighted by Gasteiger charge is 2.30. The van der Waals surface area contributed by atoms with E-state index in [1.54, 1.807) is 4.90 Å². The zero-order valence-electron chi connectivity index (χ0n) is 7.92. The predicted octanol–water partition coefficient (Wildman–Crippen LogP) is 0.592. The van der Waals surface area contributed by atoms with Crippen LogP contribution in [0.5, 0.6) is 0 Å². The first kappa shape index (κ1) is 9.52. The Hall–Kier alpha value is -0.570. The van der Waals surface area contributed by atoms with Crippen molar-refractivity contribution in [2.45, 2.75) is 32.2 Å². The summed E-state index contributed by atoms with van der Waals surface area (Å²) in [5.41, 5.74) is 5.82. The van der Waals surface area contributed by atoms with Crippen LogP contribution in [0.3, 0.4) is 0 Å². The maximum absolute atomic E-state index is 11.4. The van der Waals surface area contributed by atoms with Crippen molar-refractivity contribution in [3.05, 3.63) is 0 Å². The Morgan fingerprint density at radius 1 is 1.67 bits per heavy atom. The van der Waals surface area contributed by atoms with Gasteiger partial charge in [-0.1, -0.05) is 0 Å². The molecule has 0 aliphatic heterocycles. The molecule has 70 valence electrons. The molecule has 1 rings (SSSR count). The van der Waals surface area contributed by atoms with E-state index in [9.17, 15) is 4.79 Å². The zero-order chi connectivity index (χ0) is 9.14. The fraction of sp³-hybridized carbons (Fsp3) is 0.889. The third-order valence-corrected chi connectivity index (χ3v) is 2.54. The lowest BCUT2D eigenvalue weighted by Gasteiger charge is -2.17. The molecule has 0 aromatic carbocycles. The van der Waals surface area contributed by atoms with E-state index in [-0.39, 0.29) is 11.9 Å². The Morgan fingerprint density at radius 3 is 2.67 bits per heavy atom. The van der Waals surface area contributed by atoms with E-state index in [4.69, 9.17) is 5.73 Å². The highest BCUT2D eigenvalue weighted by Crippen LogP contribution is 2.32. The van der Waals surface area contributed by atoms with Gasteiger partial charge in [-0.15, -0.1) is 0 Å². The molecule has 3 nitrogen and oxygen atoms in total. The highest BCUT2D eigenvalue weighted by molar-refractivity contribution is 5.76. The molecule has 0 heterocycles. The number of rotatable bonds is 4. The number of carbonyl (C=O) groups excluding carboxylic acids is 1. The van der Waals surface area contributed by atoms with Crippen LogP contribution in [0.1, 0.15) is 26.2 Å². The van der Waals surface area contributed by atoms with Crippen LogP contribution < -0.4 is 5.73 Å². The molecule has 1 amide bonds. The maximum atomic E-state index is 11.4. The van der Waals surface area contributed by atoms with E-state index < -0.39 is 0 Å². The molecular weight excluding hydrogens is 152 g/mol. The van der Waals surface area contributed by atoms with Crippen molar-refractivity contribution in [1.82, 2.24) is 4.90 Å². The Bertz CT molecular complexity index is 166. The average Bonchev–Trinajstić information content (AvgIpc) is 2.84. The Balaban J connectivity index is 2.24. The minimum Gasteiger partial charge on any atom is -0.346 e. The van der Waals surface area contributed by atoms with E-state index in [1.165, 1.54) is 12.8 Å². The standard InChI is InChI=1S/C9H18N2O/c1-3-11(2)9(12)6-8(10)7-4-5-7/h7-8H,3-6,10H2,1-2H3. The Morgan fingerprint density at radius 2 is 2.25 bits per heavy atom. The lowest BCUT2D eigenvalue weighted by Crippen LogP contribution is -2.34. The van der Waals surface area contributed by atoms with E-state index >= 15 is 0 Å². The third kappa shape index (κ3) is 2.48. The first-order valence-electron chi connectivity index (χ1n) is 4.64. The Labute approximate surface area is 73.9 Å². The summed E-state index contributed by atoms with van der Waals surface area (Å²) in [4.78, 5) is 13.1. The van der Waals surface area contributed by atoms with Crippen molar-refractivity contribution < 1.29 is 4.79 Å². The topological polar surface area (TPSA) is 46.3 Å². The molecule has 12 heavy (non-hydrogen) atoms. The molecule has 0 saturated heterocycles. The van der Waals surface area contributed by atoms with Crippen LogP contribution in [0.15, 0.2) is 0 Å². The summed E-state index contributed by atoms with van der Waals surface area (Å²) >= 11 is 0. The molecule has 1 aliphatic rings. The number of nitrogens with zero attached hydrogens (tertiary/aromatic N) is 1. The average molecular weight is 170 g/mol. The van der Waals surface area contributed by atoms with Crippen molar-refractivity contribution in [2.75, 3.05) is 13.6 Å². The van der Waals surface area contributed by atoms with Crippen molar-refractivity contribution in [2.24, 2.45) is 11.7 Å². The summed E-state index contributed by atoms with van der Waals surface area (Å²) in [5.74, 6) is 0.802. The molecule has 0 bridgehead atoms. The van der Waals surface area contributed by atoms with Gasteiger partial charge in [0.25, 0.3) is 0 Å². The van der Waals surface area contributed by atoms with E-state index in [1.807, 2.05) is 14.0 Å². The van der Waals surface area contributed by atoms with Crippen molar-refractivity contribution in [3.8, 4) is 0 Å². The molecule has 0 aromatic heterocycles. The largest absolute Gasteiger partial charge is 0.346 e. The second kappa shape index (κ2) is 3.90. The number of hydrogen-bond acceptors (Lipinski definition) is 2. The van der Waals surface area contributed by atoms with Gasteiger partial charge in [-0.2, -0.15) is 0 Å². The normalized spacial score (nSPS) is 18.9. The predicted molar refractivity (Wildman–Crippen MR) is 48.6 cm³/mol. The lowest BCUT2D eigenvalue weighted by molar-refractivity contribution is -0.130. The maximum Gasteiger partial charge on any atom is 0.223 e. The van der Waals surface area contributed by atoms with Crippen molar-refractivity contribution in [1.29, 1.82) is 0 Å². The second-order valence-corrected chi connectivity index (χ2v) is 3.61. The van der Waals surface area contributed by atoms with Crippen LogP contribution in [-0.2, 0) is 4.79 Å². The summed E-state index contributed by atoms with van der Waals surface area (Å²) < 4.78 is 0. The highest BCUT2D eigenvalue weighted by atomic mass is 16.2. The number of hydrogen-bond donors (Lipinski definition) is 1. The molecule has 1 aliphatic carbocycles. The fourth-order valence-electron chi connectivity index (χ4n) is 1.22. The van der Waals surface area contributed by atoms with Gasteiger partial charge in [-0.05, 0) is 25.7 Å². The number of nitrogens with two attached hydrogens (primary N) is 1. The lowest BCUT2D eigenvalue weighted by atomic mass is 10.1. The monoisotopic (exact) mass is 170 g/mol. The summed E-state index contributed by atoms with van der Waals surface area (Å²) in [6, 6.07) is 0.103. The Kier molecular flexibility index (Phi) is 3.09. The van der Waals surface area contributed by atoms with Crippen LogP contribution >= 0.6 is 0 Å². The molecule has 1 saturated carbocycles. The van der Waals surface area contributed by atoms with Crippen LogP contribution in [-0.4, -0.2) is 30.4 Å². The minimum atomic E-state index is 0.103. The minimum absolute atomic E-state index is 0.103. The first-order valence-corrected chi connectivity index (χ1v) is 4.64.